The lowest BCUT2D eigenvalue weighted by Crippen LogP contribution is -2.06. The van der Waals surface area contributed by atoms with Gasteiger partial charge in [-0.2, -0.15) is 0 Å². The summed E-state index contributed by atoms with van der Waals surface area (Å²) in [4.78, 5) is 9.68. The summed E-state index contributed by atoms with van der Waals surface area (Å²) in [6.45, 7) is 0.341. The van der Waals surface area contributed by atoms with E-state index in [9.17, 15) is 0 Å². The third-order valence-electron chi connectivity index (χ3n) is 4.64. The Bertz CT molecular complexity index is 1260. The molecule has 0 atom stereocenters. The largest absolute Gasteiger partial charge is 0.497 e. The van der Waals surface area contributed by atoms with E-state index in [1.54, 1.807) is 7.11 Å². The summed E-state index contributed by atoms with van der Waals surface area (Å²) in [5.74, 6) is 2.38. The Balaban J connectivity index is 1.64. The second-order valence-corrected chi connectivity index (χ2v) is 6.27. The second-order valence-electron chi connectivity index (χ2n) is 6.27. The highest BCUT2D eigenvalue weighted by Crippen LogP contribution is 2.25. The van der Waals surface area contributed by atoms with Gasteiger partial charge in [-0.1, -0.05) is 24.3 Å². The SMILES string of the molecule is COc1ccc(OCc2nc3ccccc3c3nc4ccccc4n23)cc1. The van der Waals surface area contributed by atoms with E-state index < -0.39 is 0 Å². The highest BCUT2D eigenvalue weighted by molar-refractivity contribution is 5.96. The maximum atomic E-state index is 6.00. The fourth-order valence-corrected chi connectivity index (χ4v) is 3.33. The van der Waals surface area contributed by atoms with Crippen LogP contribution in [0.5, 0.6) is 11.5 Å². The first kappa shape index (κ1) is 15.6. The smallest absolute Gasteiger partial charge is 0.153 e. The molecule has 132 valence electrons. The number of fused-ring (bicyclic) bond motifs is 5. The molecule has 0 aliphatic rings. The molecule has 3 aromatic carbocycles. The topological polar surface area (TPSA) is 48.7 Å². The number of ether oxygens (including phenoxy) is 2. The Kier molecular flexibility index (Phi) is 3.64. The number of hydrogen-bond acceptors (Lipinski definition) is 4. The molecule has 0 aliphatic heterocycles. The van der Waals surface area contributed by atoms with Crippen LogP contribution in [0.4, 0.5) is 0 Å². The maximum absolute atomic E-state index is 6.00. The number of hydrogen-bond donors (Lipinski definition) is 0. The summed E-state index contributed by atoms with van der Waals surface area (Å²) in [7, 11) is 1.65. The molecule has 0 N–H and O–H groups in total. The Morgan fingerprint density at radius 3 is 2.30 bits per heavy atom. The van der Waals surface area contributed by atoms with Crippen LogP contribution in [0.1, 0.15) is 5.82 Å². The van der Waals surface area contributed by atoms with Crippen molar-refractivity contribution in [3.8, 4) is 11.5 Å². The van der Waals surface area contributed by atoms with Crippen molar-refractivity contribution >= 4 is 27.6 Å². The van der Waals surface area contributed by atoms with Crippen molar-refractivity contribution in [3.63, 3.8) is 0 Å². The monoisotopic (exact) mass is 355 g/mol. The van der Waals surface area contributed by atoms with Gasteiger partial charge in [-0.3, -0.25) is 4.40 Å². The minimum atomic E-state index is 0.341. The summed E-state index contributed by atoms with van der Waals surface area (Å²) >= 11 is 0. The number of para-hydroxylation sites is 3. The number of aromatic nitrogens is 3. The van der Waals surface area contributed by atoms with Crippen LogP contribution in [-0.4, -0.2) is 21.5 Å². The fraction of sp³-hybridized carbons (Fsp3) is 0.0909. The van der Waals surface area contributed by atoms with Gasteiger partial charge in [0.25, 0.3) is 0 Å². The first-order valence-corrected chi connectivity index (χ1v) is 8.75. The molecule has 5 rings (SSSR count). The molecule has 0 spiro atoms. The predicted molar refractivity (Wildman–Crippen MR) is 105 cm³/mol. The lowest BCUT2D eigenvalue weighted by Gasteiger charge is -2.11. The van der Waals surface area contributed by atoms with Crippen LogP contribution in [-0.2, 0) is 6.61 Å². The Morgan fingerprint density at radius 2 is 1.48 bits per heavy atom. The number of imidazole rings is 1. The van der Waals surface area contributed by atoms with Crippen LogP contribution >= 0.6 is 0 Å². The molecule has 5 heteroatoms. The highest BCUT2D eigenvalue weighted by atomic mass is 16.5. The van der Waals surface area contributed by atoms with Crippen molar-refractivity contribution in [1.29, 1.82) is 0 Å². The fourth-order valence-electron chi connectivity index (χ4n) is 3.33. The number of rotatable bonds is 4. The van der Waals surface area contributed by atoms with Crippen molar-refractivity contribution in [3.05, 3.63) is 78.6 Å². The minimum absolute atomic E-state index is 0.341. The Labute approximate surface area is 155 Å². The molecular weight excluding hydrogens is 338 g/mol. The Morgan fingerprint density at radius 1 is 0.778 bits per heavy atom. The van der Waals surface area contributed by atoms with E-state index in [1.807, 2.05) is 60.7 Å². The third kappa shape index (κ3) is 2.64. The van der Waals surface area contributed by atoms with E-state index in [1.165, 1.54) is 0 Å². The number of methoxy groups -OCH3 is 1. The van der Waals surface area contributed by atoms with E-state index in [0.29, 0.717) is 6.61 Å². The number of benzene rings is 3. The van der Waals surface area contributed by atoms with Crippen LogP contribution < -0.4 is 9.47 Å². The molecule has 0 saturated heterocycles. The molecule has 0 fully saturated rings. The lowest BCUT2D eigenvalue weighted by atomic mass is 10.2. The van der Waals surface area contributed by atoms with Gasteiger partial charge in [-0.15, -0.1) is 0 Å². The summed E-state index contributed by atoms with van der Waals surface area (Å²) in [6.07, 6.45) is 0. The van der Waals surface area contributed by atoms with Gasteiger partial charge < -0.3 is 9.47 Å². The standard InChI is InChI=1S/C22H17N3O2/c1-26-15-10-12-16(13-11-15)27-14-21-23-18-7-3-2-6-17(18)22-24-19-8-4-5-9-20(19)25(21)22/h2-13H,14H2,1H3. The zero-order valence-electron chi connectivity index (χ0n) is 14.8. The van der Waals surface area contributed by atoms with Crippen LogP contribution in [0.15, 0.2) is 72.8 Å². The molecular formula is C22H17N3O2. The summed E-state index contributed by atoms with van der Waals surface area (Å²) in [6, 6.07) is 23.7. The summed E-state index contributed by atoms with van der Waals surface area (Å²) in [5.41, 5.74) is 3.78. The molecule has 0 bridgehead atoms. The Hall–Kier alpha value is -3.60. The van der Waals surface area contributed by atoms with Gasteiger partial charge in [0.05, 0.1) is 23.7 Å². The normalized spacial score (nSPS) is 11.3. The van der Waals surface area contributed by atoms with Crippen molar-refractivity contribution in [1.82, 2.24) is 14.4 Å². The maximum Gasteiger partial charge on any atom is 0.153 e. The van der Waals surface area contributed by atoms with E-state index >= 15 is 0 Å². The van der Waals surface area contributed by atoms with E-state index in [-0.39, 0.29) is 0 Å². The van der Waals surface area contributed by atoms with Gasteiger partial charge >= 0.3 is 0 Å². The average molecular weight is 355 g/mol. The zero-order chi connectivity index (χ0) is 18.2. The summed E-state index contributed by atoms with van der Waals surface area (Å²) in [5, 5.41) is 1.03. The van der Waals surface area contributed by atoms with Crippen molar-refractivity contribution in [2.75, 3.05) is 7.11 Å². The molecule has 0 amide bonds. The highest BCUT2D eigenvalue weighted by Gasteiger charge is 2.14. The average Bonchev–Trinajstić information content (AvgIpc) is 3.12. The molecule has 5 nitrogen and oxygen atoms in total. The van der Waals surface area contributed by atoms with Crippen molar-refractivity contribution in [2.24, 2.45) is 0 Å². The molecule has 0 radical (unpaired) electrons. The van der Waals surface area contributed by atoms with Crippen LogP contribution in [0.2, 0.25) is 0 Å². The quantitative estimate of drug-likeness (QED) is 0.472. The molecule has 0 unspecified atom stereocenters. The van der Waals surface area contributed by atoms with Crippen molar-refractivity contribution in [2.45, 2.75) is 6.61 Å². The van der Waals surface area contributed by atoms with E-state index in [2.05, 4.69) is 16.5 Å². The predicted octanol–water partition coefficient (Wildman–Crippen LogP) is 4.62. The van der Waals surface area contributed by atoms with Crippen LogP contribution in [0.3, 0.4) is 0 Å². The van der Waals surface area contributed by atoms with Gasteiger partial charge in [0, 0.05) is 5.39 Å². The van der Waals surface area contributed by atoms with Gasteiger partial charge in [0.15, 0.2) is 5.82 Å². The van der Waals surface area contributed by atoms with E-state index in [0.717, 1.165) is 44.9 Å². The van der Waals surface area contributed by atoms with Crippen LogP contribution in [0.25, 0.3) is 27.6 Å². The minimum Gasteiger partial charge on any atom is -0.497 e. The van der Waals surface area contributed by atoms with Crippen molar-refractivity contribution < 1.29 is 9.47 Å². The third-order valence-corrected chi connectivity index (χ3v) is 4.64. The second kappa shape index (κ2) is 6.29. The molecule has 5 aromatic rings. The van der Waals surface area contributed by atoms with Gasteiger partial charge in [-0.05, 0) is 48.5 Å². The summed E-state index contributed by atoms with van der Waals surface area (Å²) < 4.78 is 13.3. The molecule has 27 heavy (non-hydrogen) atoms. The molecule has 0 aliphatic carbocycles. The van der Waals surface area contributed by atoms with Crippen LogP contribution in [0, 0.1) is 0 Å². The van der Waals surface area contributed by atoms with Gasteiger partial charge in [-0.25, -0.2) is 9.97 Å². The van der Waals surface area contributed by atoms with E-state index in [4.69, 9.17) is 19.4 Å². The van der Waals surface area contributed by atoms with Gasteiger partial charge in [0.1, 0.15) is 23.8 Å². The van der Waals surface area contributed by atoms with Gasteiger partial charge in [0.2, 0.25) is 0 Å². The first-order chi connectivity index (χ1) is 13.3. The molecule has 2 aromatic heterocycles. The molecule has 0 saturated carbocycles. The lowest BCUT2D eigenvalue weighted by molar-refractivity contribution is 0.294. The molecule has 2 heterocycles. The zero-order valence-corrected chi connectivity index (χ0v) is 14.8. The first-order valence-electron chi connectivity index (χ1n) is 8.75. The number of nitrogens with zero attached hydrogens (tertiary/aromatic N) is 3.